The van der Waals surface area contributed by atoms with Crippen LogP contribution in [0.4, 0.5) is 0 Å². The molecule has 2 rings (SSSR count). The molecule has 0 saturated carbocycles. The zero-order valence-electron chi connectivity index (χ0n) is 15.0. The van der Waals surface area contributed by atoms with E-state index >= 15 is 0 Å². The van der Waals surface area contributed by atoms with E-state index in [9.17, 15) is 0 Å². The summed E-state index contributed by atoms with van der Waals surface area (Å²) in [6, 6.07) is 17.0. The van der Waals surface area contributed by atoms with Crippen LogP contribution < -0.4 is 4.74 Å². The van der Waals surface area contributed by atoms with Gasteiger partial charge in [-0.15, -0.1) is 11.6 Å². The topological polar surface area (TPSA) is 12.5 Å². The second-order valence-corrected chi connectivity index (χ2v) is 6.87. The molecular formula is C21H28ClNO. The van der Waals surface area contributed by atoms with Crippen LogP contribution in [0.5, 0.6) is 5.75 Å². The van der Waals surface area contributed by atoms with Crippen molar-refractivity contribution in [2.75, 3.05) is 25.6 Å². The van der Waals surface area contributed by atoms with Crippen LogP contribution in [-0.2, 0) is 6.54 Å². The lowest BCUT2D eigenvalue weighted by Gasteiger charge is -2.22. The van der Waals surface area contributed by atoms with E-state index in [4.69, 9.17) is 16.3 Å². The zero-order chi connectivity index (χ0) is 17.4. The predicted molar refractivity (Wildman–Crippen MR) is 103 cm³/mol. The Kier molecular flexibility index (Phi) is 7.61. The summed E-state index contributed by atoms with van der Waals surface area (Å²) >= 11 is 5.96. The minimum atomic E-state index is 0.462. The summed E-state index contributed by atoms with van der Waals surface area (Å²) in [5.74, 6) is 2.11. The van der Waals surface area contributed by atoms with Crippen LogP contribution in [0.25, 0.3) is 0 Å². The Balaban J connectivity index is 1.94. The van der Waals surface area contributed by atoms with Crippen molar-refractivity contribution in [3.63, 3.8) is 0 Å². The molecule has 0 aliphatic heterocycles. The first-order chi connectivity index (χ1) is 11.6. The van der Waals surface area contributed by atoms with Crippen molar-refractivity contribution in [1.82, 2.24) is 4.90 Å². The SMILES string of the molecule is Cc1ccc(C(C)C)c(OCCN(CCCl)Cc2ccccc2)c1. The molecule has 24 heavy (non-hydrogen) atoms. The Hall–Kier alpha value is -1.51. The van der Waals surface area contributed by atoms with Crippen molar-refractivity contribution in [3.05, 3.63) is 65.2 Å². The van der Waals surface area contributed by atoms with E-state index in [1.165, 1.54) is 16.7 Å². The molecule has 0 spiro atoms. The number of nitrogens with zero attached hydrogens (tertiary/aromatic N) is 1. The largest absolute Gasteiger partial charge is 0.492 e. The molecule has 2 aromatic rings. The number of rotatable bonds is 9. The van der Waals surface area contributed by atoms with E-state index in [1.807, 2.05) is 6.07 Å². The average molecular weight is 346 g/mol. The Labute approximate surface area is 151 Å². The van der Waals surface area contributed by atoms with Gasteiger partial charge in [0.2, 0.25) is 0 Å². The molecule has 0 amide bonds. The third-order valence-corrected chi connectivity index (χ3v) is 4.27. The van der Waals surface area contributed by atoms with Crippen LogP contribution in [0.2, 0.25) is 0 Å². The quantitative estimate of drug-likeness (QED) is 0.576. The highest BCUT2D eigenvalue weighted by molar-refractivity contribution is 6.18. The number of hydrogen-bond acceptors (Lipinski definition) is 2. The van der Waals surface area contributed by atoms with Crippen LogP contribution in [0.3, 0.4) is 0 Å². The maximum absolute atomic E-state index is 6.11. The maximum Gasteiger partial charge on any atom is 0.123 e. The van der Waals surface area contributed by atoms with E-state index < -0.39 is 0 Å². The first kappa shape index (κ1) is 18.8. The number of hydrogen-bond donors (Lipinski definition) is 0. The van der Waals surface area contributed by atoms with Crippen molar-refractivity contribution in [1.29, 1.82) is 0 Å². The molecule has 2 aromatic carbocycles. The van der Waals surface area contributed by atoms with E-state index in [2.05, 4.69) is 68.1 Å². The van der Waals surface area contributed by atoms with Crippen molar-refractivity contribution >= 4 is 11.6 Å². The molecule has 0 atom stereocenters. The van der Waals surface area contributed by atoms with Gasteiger partial charge in [0.15, 0.2) is 0 Å². The molecule has 0 heterocycles. The summed E-state index contributed by atoms with van der Waals surface area (Å²) < 4.78 is 6.11. The van der Waals surface area contributed by atoms with Gasteiger partial charge in [0.1, 0.15) is 12.4 Å². The summed E-state index contributed by atoms with van der Waals surface area (Å²) in [7, 11) is 0. The second-order valence-electron chi connectivity index (χ2n) is 6.50. The second kappa shape index (κ2) is 9.71. The summed E-state index contributed by atoms with van der Waals surface area (Å²) in [6.07, 6.45) is 0. The smallest absolute Gasteiger partial charge is 0.123 e. The average Bonchev–Trinajstić information content (AvgIpc) is 2.56. The van der Waals surface area contributed by atoms with E-state index in [0.717, 1.165) is 25.4 Å². The van der Waals surface area contributed by atoms with Gasteiger partial charge in [-0.25, -0.2) is 0 Å². The normalized spacial score (nSPS) is 11.2. The third kappa shape index (κ3) is 5.85. The number of ether oxygens (including phenoxy) is 1. The van der Waals surface area contributed by atoms with Gasteiger partial charge in [-0.1, -0.05) is 56.3 Å². The molecule has 2 nitrogen and oxygen atoms in total. The summed E-state index contributed by atoms with van der Waals surface area (Å²) in [5, 5.41) is 0. The lowest BCUT2D eigenvalue weighted by atomic mass is 10.0. The maximum atomic E-state index is 6.11. The number of halogens is 1. The van der Waals surface area contributed by atoms with Crippen molar-refractivity contribution < 1.29 is 4.74 Å². The first-order valence-corrected chi connectivity index (χ1v) is 9.19. The molecule has 0 aliphatic rings. The van der Waals surface area contributed by atoms with Crippen LogP contribution >= 0.6 is 11.6 Å². The summed E-state index contributed by atoms with van der Waals surface area (Å²) in [4.78, 5) is 2.34. The number of benzene rings is 2. The summed E-state index contributed by atoms with van der Waals surface area (Å²) in [6.45, 7) is 9.82. The summed E-state index contributed by atoms with van der Waals surface area (Å²) in [5.41, 5.74) is 3.81. The highest BCUT2D eigenvalue weighted by Crippen LogP contribution is 2.27. The molecule has 0 saturated heterocycles. The Morgan fingerprint density at radius 3 is 2.46 bits per heavy atom. The van der Waals surface area contributed by atoms with E-state index in [-0.39, 0.29) is 0 Å². The number of alkyl halides is 1. The molecule has 0 radical (unpaired) electrons. The number of aryl methyl sites for hydroxylation is 1. The van der Waals surface area contributed by atoms with Gasteiger partial charge in [-0.2, -0.15) is 0 Å². The van der Waals surface area contributed by atoms with E-state index in [0.29, 0.717) is 18.4 Å². The zero-order valence-corrected chi connectivity index (χ0v) is 15.7. The third-order valence-electron chi connectivity index (χ3n) is 4.11. The molecule has 0 unspecified atom stereocenters. The highest BCUT2D eigenvalue weighted by atomic mass is 35.5. The molecule has 130 valence electrons. The molecular weight excluding hydrogens is 318 g/mol. The Morgan fingerprint density at radius 2 is 1.79 bits per heavy atom. The first-order valence-electron chi connectivity index (χ1n) is 8.65. The van der Waals surface area contributed by atoms with E-state index in [1.54, 1.807) is 0 Å². The van der Waals surface area contributed by atoms with Crippen LogP contribution in [0, 0.1) is 6.92 Å². The molecule has 0 aromatic heterocycles. The lowest BCUT2D eigenvalue weighted by molar-refractivity contribution is 0.209. The van der Waals surface area contributed by atoms with Crippen LogP contribution in [-0.4, -0.2) is 30.5 Å². The van der Waals surface area contributed by atoms with Gasteiger partial charge in [-0.05, 0) is 35.6 Å². The van der Waals surface area contributed by atoms with Crippen molar-refractivity contribution in [3.8, 4) is 5.75 Å². The fraction of sp³-hybridized carbons (Fsp3) is 0.429. The Morgan fingerprint density at radius 1 is 1.04 bits per heavy atom. The lowest BCUT2D eigenvalue weighted by Crippen LogP contribution is -2.30. The highest BCUT2D eigenvalue weighted by Gasteiger charge is 2.10. The minimum absolute atomic E-state index is 0.462. The standard InChI is InChI=1S/C21H28ClNO/c1-17(2)20-10-9-18(3)15-21(20)24-14-13-23(12-11-22)16-19-7-5-4-6-8-19/h4-10,15,17H,11-14,16H2,1-3H3. The molecule has 0 fully saturated rings. The molecule has 0 bridgehead atoms. The van der Waals surface area contributed by atoms with Gasteiger partial charge < -0.3 is 4.74 Å². The van der Waals surface area contributed by atoms with Crippen LogP contribution in [0.15, 0.2) is 48.5 Å². The van der Waals surface area contributed by atoms with Gasteiger partial charge in [0, 0.05) is 25.5 Å². The van der Waals surface area contributed by atoms with Gasteiger partial charge >= 0.3 is 0 Å². The fourth-order valence-corrected chi connectivity index (χ4v) is 3.00. The minimum Gasteiger partial charge on any atom is -0.492 e. The van der Waals surface area contributed by atoms with Gasteiger partial charge in [0.05, 0.1) is 0 Å². The monoisotopic (exact) mass is 345 g/mol. The predicted octanol–water partition coefficient (Wildman–Crippen LogP) is 5.24. The Bertz CT molecular complexity index is 612. The fourth-order valence-electron chi connectivity index (χ4n) is 2.76. The van der Waals surface area contributed by atoms with Gasteiger partial charge in [-0.3, -0.25) is 4.90 Å². The van der Waals surface area contributed by atoms with Crippen molar-refractivity contribution in [2.45, 2.75) is 33.2 Å². The van der Waals surface area contributed by atoms with Crippen LogP contribution in [0.1, 0.15) is 36.5 Å². The molecule has 0 aliphatic carbocycles. The molecule has 0 N–H and O–H groups in total. The molecule has 3 heteroatoms. The van der Waals surface area contributed by atoms with Crippen molar-refractivity contribution in [2.24, 2.45) is 0 Å². The van der Waals surface area contributed by atoms with Gasteiger partial charge in [0.25, 0.3) is 0 Å².